The number of nitrogens with one attached hydrogen (secondary N) is 2. The molecule has 2 rings (SSSR count). The van der Waals surface area contributed by atoms with Crippen molar-refractivity contribution in [3.63, 3.8) is 0 Å². The fourth-order valence-corrected chi connectivity index (χ4v) is 2.14. The minimum absolute atomic E-state index is 0.0120. The third kappa shape index (κ3) is 7.22. The molecule has 2 amide bonds. The summed E-state index contributed by atoms with van der Waals surface area (Å²) in [5, 5.41) is 5.20. The third-order valence-electron chi connectivity index (χ3n) is 3.36. The zero-order valence-corrected chi connectivity index (χ0v) is 15.0. The lowest BCUT2D eigenvalue weighted by Gasteiger charge is -2.10. The highest BCUT2D eigenvalue weighted by molar-refractivity contribution is 5.96. The van der Waals surface area contributed by atoms with Crippen LogP contribution in [0.1, 0.15) is 35.8 Å². The molecule has 28 heavy (non-hydrogen) atoms. The Morgan fingerprint density at radius 2 is 2.00 bits per heavy atom. The summed E-state index contributed by atoms with van der Waals surface area (Å²) < 4.78 is 41.2. The molecule has 2 heterocycles. The molecule has 0 saturated carbocycles. The van der Waals surface area contributed by atoms with Crippen molar-refractivity contribution in [1.29, 1.82) is 0 Å². The molecule has 150 valence electrons. The van der Waals surface area contributed by atoms with E-state index in [-0.39, 0.29) is 29.7 Å². The number of anilines is 1. The van der Waals surface area contributed by atoms with Gasteiger partial charge in [0.2, 0.25) is 11.8 Å². The molecule has 0 aromatic carbocycles. The minimum Gasteiger partial charge on any atom is -0.468 e. The van der Waals surface area contributed by atoms with E-state index in [1.165, 1.54) is 30.5 Å². The molecule has 2 N–H and O–H groups in total. The Hall–Kier alpha value is -3.17. The number of hydrogen-bond acceptors (Lipinski definition) is 5. The molecule has 7 nitrogen and oxygen atoms in total. The number of alkyl halides is 3. The number of hydrogen-bond donors (Lipinski definition) is 2. The van der Waals surface area contributed by atoms with E-state index in [9.17, 15) is 22.8 Å². The summed E-state index contributed by atoms with van der Waals surface area (Å²) in [5.74, 6) is -0.579. The molecule has 0 aliphatic rings. The molecule has 0 unspecified atom stereocenters. The van der Waals surface area contributed by atoms with Gasteiger partial charge in [-0.1, -0.05) is 13.0 Å². The Morgan fingerprint density at radius 1 is 1.21 bits per heavy atom. The Labute approximate surface area is 159 Å². The second-order valence-electron chi connectivity index (χ2n) is 5.78. The van der Waals surface area contributed by atoms with Gasteiger partial charge in [-0.2, -0.15) is 13.2 Å². The number of amides is 2. The number of aromatic nitrogens is 2. The molecule has 0 aliphatic carbocycles. The van der Waals surface area contributed by atoms with Gasteiger partial charge in [-0.15, -0.1) is 0 Å². The second kappa shape index (κ2) is 9.67. The Balaban J connectivity index is 1.94. The maximum atomic E-state index is 12.3. The smallest absolute Gasteiger partial charge is 0.422 e. The number of carbonyl (C=O) groups excluding carboxylic acids is 2. The summed E-state index contributed by atoms with van der Waals surface area (Å²) in [7, 11) is 0. The first kappa shape index (κ1) is 21.1. The van der Waals surface area contributed by atoms with Crippen molar-refractivity contribution in [3.8, 4) is 5.88 Å². The lowest BCUT2D eigenvalue weighted by atomic mass is 10.2. The Morgan fingerprint density at radius 3 is 2.71 bits per heavy atom. The number of nitrogens with zero attached hydrogens (tertiary/aromatic N) is 2. The average Bonchev–Trinajstić information content (AvgIpc) is 2.64. The highest BCUT2D eigenvalue weighted by atomic mass is 19.4. The molecule has 0 fully saturated rings. The van der Waals surface area contributed by atoms with Crippen LogP contribution in [0.3, 0.4) is 0 Å². The van der Waals surface area contributed by atoms with E-state index in [0.29, 0.717) is 18.5 Å². The van der Waals surface area contributed by atoms with Crippen molar-refractivity contribution >= 4 is 17.6 Å². The highest BCUT2D eigenvalue weighted by Gasteiger charge is 2.28. The Bertz CT molecular complexity index is 828. The monoisotopic (exact) mass is 396 g/mol. The maximum absolute atomic E-state index is 12.3. The summed E-state index contributed by atoms with van der Waals surface area (Å²) in [6.45, 7) is 0.412. The first-order valence-electron chi connectivity index (χ1n) is 8.46. The van der Waals surface area contributed by atoms with Gasteiger partial charge < -0.3 is 15.4 Å². The van der Waals surface area contributed by atoms with E-state index in [1.807, 2.05) is 6.92 Å². The van der Waals surface area contributed by atoms with Gasteiger partial charge >= 0.3 is 6.18 Å². The first-order chi connectivity index (χ1) is 13.3. The minimum atomic E-state index is -4.46. The molecule has 10 heteroatoms. The molecular weight excluding hydrogens is 377 g/mol. The van der Waals surface area contributed by atoms with Crippen LogP contribution in [0, 0.1) is 0 Å². The van der Waals surface area contributed by atoms with Gasteiger partial charge in [0.1, 0.15) is 5.82 Å². The first-order valence-corrected chi connectivity index (χ1v) is 8.46. The summed E-state index contributed by atoms with van der Waals surface area (Å²) in [6.07, 6.45) is -2.04. The molecule has 0 aliphatic heterocycles. The van der Waals surface area contributed by atoms with E-state index in [1.54, 1.807) is 6.07 Å². The predicted octanol–water partition coefficient (Wildman–Crippen LogP) is 3.09. The van der Waals surface area contributed by atoms with Crippen molar-refractivity contribution in [1.82, 2.24) is 15.3 Å². The van der Waals surface area contributed by atoms with Crippen molar-refractivity contribution in [3.05, 3.63) is 47.8 Å². The Kier molecular flexibility index (Phi) is 7.30. The topological polar surface area (TPSA) is 93.2 Å². The quantitative estimate of drug-likeness (QED) is 0.715. The van der Waals surface area contributed by atoms with E-state index in [2.05, 4.69) is 25.3 Å². The maximum Gasteiger partial charge on any atom is 0.422 e. The van der Waals surface area contributed by atoms with Crippen LogP contribution in [0.5, 0.6) is 5.88 Å². The average molecular weight is 396 g/mol. The zero-order chi connectivity index (χ0) is 20.6. The van der Waals surface area contributed by atoms with Gasteiger partial charge in [0, 0.05) is 24.2 Å². The number of halogens is 3. The van der Waals surface area contributed by atoms with Crippen molar-refractivity contribution < 1.29 is 27.5 Å². The number of carbonyl (C=O) groups is 2. The van der Waals surface area contributed by atoms with Crippen LogP contribution in [-0.2, 0) is 11.3 Å². The van der Waals surface area contributed by atoms with E-state index in [4.69, 9.17) is 0 Å². The van der Waals surface area contributed by atoms with E-state index >= 15 is 0 Å². The fraction of sp³-hybridized carbons (Fsp3) is 0.333. The van der Waals surface area contributed by atoms with Crippen LogP contribution in [-0.4, -0.2) is 34.6 Å². The van der Waals surface area contributed by atoms with Crippen LogP contribution in [0.4, 0.5) is 19.0 Å². The molecule has 2 aromatic heterocycles. The van der Waals surface area contributed by atoms with Gasteiger partial charge in [-0.05, 0) is 24.6 Å². The number of rotatable bonds is 8. The van der Waals surface area contributed by atoms with Crippen LogP contribution < -0.4 is 15.4 Å². The summed E-state index contributed by atoms with van der Waals surface area (Å²) >= 11 is 0. The molecule has 0 spiro atoms. The van der Waals surface area contributed by atoms with Gasteiger partial charge in [0.25, 0.3) is 5.91 Å². The standard InChI is InChI=1S/C18H19F3N4O3/c1-2-4-15(26)25-14-9-12(7-8-22-14)17(27)23-10-13-5-3-6-16(24-13)28-11-18(19,20)21/h3,5-9H,2,4,10-11H2,1H3,(H,23,27)(H,22,25,26). The number of pyridine rings is 2. The SMILES string of the molecule is CCCC(=O)Nc1cc(C(=O)NCc2cccc(OCC(F)(F)F)n2)ccn1. The lowest BCUT2D eigenvalue weighted by molar-refractivity contribution is -0.154. The summed E-state index contributed by atoms with van der Waals surface area (Å²) in [6, 6.07) is 7.23. The van der Waals surface area contributed by atoms with Crippen molar-refractivity contribution in [2.45, 2.75) is 32.5 Å². The van der Waals surface area contributed by atoms with E-state index < -0.39 is 18.7 Å². The van der Waals surface area contributed by atoms with Crippen molar-refractivity contribution in [2.24, 2.45) is 0 Å². The fourth-order valence-electron chi connectivity index (χ4n) is 2.14. The molecule has 0 radical (unpaired) electrons. The van der Waals surface area contributed by atoms with Crippen LogP contribution in [0.15, 0.2) is 36.5 Å². The largest absolute Gasteiger partial charge is 0.468 e. The van der Waals surface area contributed by atoms with Gasteiger partial charge in [-0.25, -0.2) is 9.97 Å². The molecule has 2 aromatic rings. The number of ether oxygens (including phenoxy) is 1. The second-order valence-corrected chi connectivity index (χ2v) is 5.78. The molecule has 0 bridgehead atoms. The summed E-state index contributed by atoms with van der Waals surface area (Å²) in [5.41, 5.74) is 0.602. The van der Waals surface area contributed by atoms with Gasteiger partial charge in [-0.3, -0.25) is 9.59 Å². The van der Waals surface area contributed by atoms with Crippen LogP contribution >= 0.6 is 0 Å². The van der Waals surface area contributed by atoms with Crippen LogP contribution in [0.2, 0.25) is 0 Å². The predicted molar refractivity (Wildman–Crippen MR) is 94.7 cm³/mol. The van der Waals surface area contributed by atoms with Crippen molar-refractivity contribution in [2.75, 3.05) is 11.9 Å². The molecule has 0 saturated heterocycles. The van der Waals surface area contributed by atoms with Crippen LogP contribution in [0.25, 0.3) is 0 Å². The molecule has 0 atom stereocenters. The summed E-state index contributed by atoms with van der Waals surface area (Å²) in [4.78, 5) is 31.8. The third-order valence-corrected chi connectivity index (χ3v) is 3.36. The highest BCUT2D eigenvalue weighted by Crippen LogP contribution is 2.17. The lowest BCUT2D eigenvalue weighted by Crippen LogP contribution is -2.24. The molecular formula is C18H19F3N4O3. The van der Waals surface area contributed by atoms with E-state index in [0.717, 1.165) is 0 Å². The van der Waals surface area contributed by atoms with Gasteiger partial charge in [0.05, 0.1) is 12.2 Å². The zero-order valence-electron chi connectivity index (χ0n) is 15.0. The van der Waals surface area contributed by atoms with Gasteiger partial charge in [0.15, 0.2) is 6.61 Å². The normalized spacial score (nSPS) is 11.0.